The van der Waals surface area contributed by atoms with E-state index in [2.05, 4.69) is 62.3 Å². The zero-order chi connectivity index (χ0) is 15.0. The minimum Gasteiger partial charge on any atom is -0.392 e. The van der Waals surface area contributed by atoms with Crippen LogP contribution >= 0.6 is 0 Å². The van der Waals surface area contributed by atoms with E-state index in [1.165, 1.54) is 5.56 Å². The fraction of sp³-hybridized carbons (Fsp3) is 0.556. The highest BCUT2D eigenvalue weighted by atomic mass is 28.3. The number of benzene rings is 1. The highest BCUT2D eigenvalue weighted by molar-refractivity contribution is 6.83. The van der Waals surface area contributed by atoms with Crippen molar-refractivity contribution in [3.05, 3.63) is 35.9 Å². The van der Waals surface area contributed by atoms with E-state index in [4.69, 9.17) is 0 Å². The Morgan fingerprint density at radius 2 is 1.80 bits per heavy atom. The lowest BCUT2D eigenvalue weighted by Gasteiger charge is -2.19. The first kappa shape index (κ1) is 17.0. The molecule has 0 aromatic heterocycles. The van der Waals surface area contributed by atoms with Crippen LogP contribution in [0.5, 0.6) is 0 Å². The van der Waals surface area contributed by atoms with Crippen molar-refractivity contribution in [2.45, 2.75) is 58.4 Å². The van der Waals surface area contributed by atoms with Crippen molar-refractivity contribution in [3.63, 3.8) is 0 Å². The number of unbranched alkanes of at least 4 members (excludes halogenated alkanes) is 1. The SMILES string of the molecule is CCCC[C@@H](O)[C@@H](C#C[Si](C)(C)C)Cc1ccccc1. The molecule has 20 heavy (non-hydrogen) atoms. The number of hydrogen-bond donors (Lipinski definition) is 1. The van der Waals surface area contributed by atoms with E-state index < -0.39 is 8.07 Å². The lowest BCUT2D eigenvalue weighted by atomic mass is 9.92. The zero-order valence-corrected chi connectivity index (χ0v) is 14.3. The average Bonchev–Trinajstić information content (AvgIpc) is 2.41. The molecule has 1 nitrogen and oxygen atoms in total. The summed E-state index contributed by atoms with van der Waals surface area (Å²) in [5, 5.41) is 10.4. The van der Waals surface area contributed by atoms with Gasteiger partial charge in [0, 0.05) is 5.92 Å². The molecule has 2 heteroatoms. The van der Waals surface area contributed by atoms with Crippen LogP contribution in [0.3, 0.4) is 0 Å². The van der Waals surface area contributed by atoms with Gasteiger partial charge in [-0.1, -0.05) is 69.7 Å². The van der Waals surface area contributed by atoms with Crippen LogP contribution in [-0.2, 0) is 6.42 Å². The van der Waals surface area contributed by atoms with Gasteiger partial charge >= 0.3 is 0 Å². The summed E-state index contributed by atoms with van der Waals surface area (Å²) >= 11 is 0. The maximum absolute atomic E-state index is 10.4. The number of rotatable bonds is 6. The molecule has 0 bridgehead atoms. The Hall–Kier alpha value is -1.04. The van der Waals surface area contributed by atoms with Crippen LogP contribution in [0.15, 0.2) is 30.3 Å². The van der Waals surface area contributed by atoms with Crippen LogP contribution in [0.25, 0.3) is 0 Å². The minimum atomic E-state index is -1.39. The van der Waals surface area contributed by atoms with Crippen molar-refractivity contribution in [2.75, 3.05) is 0 Å². The van der Waals surface area contributed by atoms with Gasteiger partial charge in [-0.25, -0.2) is 0 Å². The van der Waals surface area contributed by atoms with E-state index >= 15 is 0 Å². The Morgan fingerprint density at radius 3 is 2.35 bits per heavy atom. The van der Waals surface area contributed by atoms with Crippen LogP contribution in [0.4, 0.5) is 0 Å². The predicted molar refractivity (Wildman–Crippen MR) is 90.3 cm³/mol. The largest absolute Gasteiger partial charge is 0.392 e. The number of aliphatic hydroxyl groups excluding tert-OH is 1. The van der Waals surface area contributed by atoms with E-state index in [1.807, 2.05) is 6.07 Å². The molecule has 0 aliphatic rings. The number of aliphatic hydroxyl groups is 1. The Bertz CT molecular complexity index is 436. The summed E-state index contributed by atoms with van der Waals surface area (Å²) in [6, 6.07) is 10.4. The predicted octanol–water partition coefficient (Wildman–Crippen LogP) is 4.28. The quantitative estimate of drug-likeness (QED) is 0.612. The van der Waals surface area contributed by atoms with Gasteiger partial charge in [0.05, 0.1) is 6.10 Å². The monoisotopic (exact) mass is 288 g/mol. The Balaban J connectivity index is 2.80. The molecule has 0 spiro atoms. The van der Waals surface area contributed by atoms with Gasteiger partial charge < -0.3 is 5.11 Å². The second-order valence-electron chi connectivity index (χ2n) is 6.53. The third-order valence-electron chi connectivity index (χ3n) is 3.25. The minimum absolute atomic E-state index is 0.0654. The molecule has 0 unspecified atom stereocenters. The van der Waals surface area contributed by atoms with Crippen molar-refractivity contribution >= 4 is 8.07 Å². The fourth-order valence-corrected chi connectivity index (χ4v) is 2.69. The van der Waals surface area contributed by atoms with Crippen LogP contribution < -0.4 is 0 Å². The molecule has 1 rings (SSSR count). The molecule has 110 valence electrons. The Morgan fingerprint density at radius 1 is 1.15 bits per heavy atom. The summed E-state index contributed by atoms with van der Waals surface area (Å²) in [7, 11) is -1.39. The van der Waals surface area contributed by atoms with E-state index in [0.29, 0.717) is 0 Å². The molecule has 0 amide bonds. The standard InChI is InChI=1S/C18H28OSi/c1-5-6-12-18(19)17(13-14-20(2,3)4)15-16-10-8-7-9-11-16/h7-11,17-19H,5-6,12,15H2,1-4H3/t17-,18+/m0/s1. The number of hydrogen-bond acceptors (Lipinski definition) is 1. The van der Waals surface area contributed by atoms with Crippen molar-refractivity contribution in [1.82, 2.24) is 0 Å². The van der Waals surface area contributed by atoms with Crippen LogP contribution in [0.2, 0.25) is 19.6 Å². The Kier molecular flexibility index (Phi) is 7.05. The first-order valence-electron chi connectivity index (χ1n) is 7.67. The molecule has 0 radical (unpaired) electrons. The lowest BCUT2D eigenvalue weighted by molar-refractivity contribution is 0.122. The van der Waals surface area contributed by atoms with Gasteiger partial charge in [-0.15, -0.1) is 11.5 Å². The van der Waals surface area contributed by atoms with Gasteiger partial charge in [0.1, 0.15) is 8.07 Å². The highest BCUT2D eigenvalue weighted by Gasteiger charge is 2.18. The van der Waals surface area contributed by atoms with Gasteiger partial charge in [0.25, 0.3) is 0 Å². The zero-order valence-electron chi connectivity index (χ0n) is 13.3. The summed E-state index contributed by atoms with van der Waals surface area (Å²) in [5.41, 5.74) is 4.69. The van der Waals surface area contributed by atoms with Gasteiger partial charge in [0.15, 0.2) is 0 Å². The summed E-state index contributed by atoms with van der Waals surface area (Å²) < 4.78 is 0. The van der Waals surface area contributed by atoms with Crippen molar-refractivity contribution in [1.29, 1.82) is 0 Å². The fourth-order valence-electron chi connectivity index (χ4n) is 2.07. The molecule has 1 aromatic rings. The molecule has 1 aromatic carbocycles. The summed E-state index contributed by atoms with van der Waals surface area (Å²) in [4.78, 5) is 0. The van der Waals surface area contributed by atoms with E-state index in [1.54, 1.807) is 0 Å². The molecule has 0 heterocycles. The van der Waals surface area contributed by atoms with Gasteiger partial charge in [-0.3, -0.25) is 0 Å². The third kappa shape index (κ3) is 6.93. The van der Waals surface area contributed by atoms with Crippen LogP contribution in [0, 0.1) is 17.4 Å². The molecule has 0 saturated heterocycles. The third-order valence-corrected chi connectivity index (χ3v) is 4.14. The lowest BCUT2D eigenvalue weighted by Crippen LogP contribution is -2.23. The van der Waals surface area contributed by atoms with E-state index in [9.17, 15) is 5.11 Å². The molecular formula is C18H28OSi. The van der Waals surface area contributed by atoms with Crippen molar-refractivity contribution in [2.24, 2.45) is 5.92 Å². The molecule has 1 N–H and O–H groups in total. The second kappa shape index (κ2) is 8.29. The summed E-state index contributed by atoms with van der Waals surface area (Å²) in [6.45, 7) is 8.90. The molecule has 0 fully saturated rings. The molecule has 0 aliphatic carbocycles. The Labute approximate surface area is 125 Å². The average molecular weight is 289 g/mol. The van der Waals surface area contributed by atoms with Crippen molar-refractivity contribution in [3.8, 4) is 11.5 Å². The summed E-state index contributed by atoms with van der Waals surface area (Å²) in [5.74, 6) is 3.44. The van der Waals surface area contributed by atoms with Gasteiger partial charge in [-0.2, -0.15) is 0 Å². The van der Waals surface area contributed by atoms with Gasteiger partial charge in [-0.05, 0) is 18.4 Å². The first-order chi connectivity index (χ1) is 9.42. The normalized spacial score (nSPS) is 14.2. The second-order valence-corrected chi connectivity index (χ2v) is 11.3. The molecule has 2 atom stereocenters. The maximum atomic E-state index is 10.4. The topological polar surface area (TPSA) is 20.2 Å². The maximum Gasteiger partial charge on any atom is 0.129 e. The van der Waals surface area contributed by atoms with Gasteiger partial charge in [0.2, 0.25) is 0 Å². The van der Waals surface area contributed by atoms with E-state index in [-0.39, 0.29) is 12.0 Å². The van der Waals surface area contributed by atoms with Crippen molar-refractivity contribution < 1.29 is 5.11 Å². The highest BCUT2D eigenvalue weighted by Crippen LogP contribution is 2.17. The van der Waals surface area contributed by atoms with Crippen LogP contribution in [0.1, 0.15) is 31.7 Å². The molecule has 0 aliphatic heterocycles. The smallest absolute Gasteiger partial charge is 0.129 e. The summed E-state index contributed by atoms with van der Waals surface area (Å²) in [6.07, 6.45) is 3.59. The molecular weight excluding hydrogens is 260 g/mol. The van der Waals surface area contributed by atoms with E-state index in [0.717, 1.165) is 25.7 Å². The first-order valence-corrected chi connectivity index (χ1v) is 11.2. The molecule has 0 saturated carbocycles. The van der Waals surface area contributed by atoms with Crippen LogP contribution in [-0.4, -0.2) is 19.3 Å².